The number of H-pyrrole nitrogens is 1. The van der Waals surface area contributed by atoms with Crippen LogP contribution in [-0.4, -0.2) is 27.5 Å². The van der Waals surface area contributed by atoms with Crippen LogP contribution < -0.4 is 0 Å². The van der Waals surface area contributed by atoms with Gasteiger partial charge in [-0.3, -0.25) is 9.59 Å². The normalized spacial score (nSPS) is 13.9. The number of hydrogen-bond donors (Lipinski definition) is 2. The molecular formula is C20H15FN2O2S. The van der Waals surface area contributed by atoms with Crippen molar-refractivity contribution in [1.82, 2.24) is 9.88 Å². The van der Waals surface area contributed by atoms with Gasteiger partial charge in [0.05, 0.1) is 11.3 Å². The maximum absolute atomic E-state index is 13.1. The van der Waals surface area contributed by atoms with E-state index in [0.717, 1.165) is 16.5 Å². The van der Waals surface area contributed by atoms with Crippen LogP contribution >= 0.6 is 12.6 Å². The lowest BCUT2D eigenvalue weighted by Crippen LogP contribution is -2.27. The van der Waals surface area contributed by atoms with Crippen molar-refractivity contribution in [2.24, 2.45) is 0 Å². The molecule has 0 saturated heterocycles. The number of hydrogen-bond acceptors (Lipinski definition) is 2. The zero-order chi connectivity index (χ0) is 18.3. The molecular weight excluding hydrogens is 351 g/mol. The summed E-state index contributed by atoms with van der Waals surface area (Å²) in [6, 6.07) is 13.2. The van der Waals surface area contributed by atoms with Gasteiger partial charge in [0, 0.05) is 29.2 Å². The molecule has 4 rings (SSSR count). The van der Waals surface area contributed by atoms with E-state index in [-0.39, 0.29) is 5.91 Å². The number of para-hydroxylation sites is 1. The molecule has 0 fully saturated rings. The molecule has 1 amide bonds. The number of halogens is 1. The Morgan fingerprint density at radius 3 is 2.54 bits per heavy atom. The Labute approximate surface area is 154 Å². The van der Waals surface area contributed by atoms with Crippen LogP contribution in [0.5, 0.6) is 0 Å². The molecule has 6 heteroatoms. The first-order valence-corrected chi connectivity index (χ1v) is 8.61. The number of benzene rings is 2. The second-order valence-electron chi connectivity index (χ2n) is 6.13. The number of aromatic amines is 1. The molecule has 3 aromatic rings. The smallest absolute Gasteiger partial charge is 0.257 e. The van der Waals surface area contributed by atoms with Crippen LogP contribution in [0.2, 0.25) is 0 Å². The molecule has 1 aliphatic heterocycles. The van der Waals surface area contributed by atoms with E-state index in [1.807, 2.05) is 24.3 Å². The van der Waals surface area contributed by atoms with E-state index in [0.29, 0.717) is 29.8 Å². The van der Waals surface area contributed by atoms with Crippen molar-refractivity contribution in [3.63, 3.8) is 0 Å². The number of aromatic nitrogens is 1. The molecule has 1 aromatic heterocycles. The molecule has 0 atom stereocenters. The minimum atomic E-state index is -0.420. The molecule has 130 valence electrons. The van der Waals surface area contributed by atoms with Crippen molar-refractivity contribution in [1.29, 1.82) is 0 Å². The molecule has 0 aliphatic carbocycles. The second kappa shape index (κ2) is 6.46. The van der Waals surface area contributed by atoms with E-state index < -0.39 is 10.9 Å². The fraction of sp³-hybridized carbons (Fsp3) is 0.100. The van der Waals surface area contributed by atoms with Gasteiger partial charge in [0.25, 0.3) is 5.91 Å². The van der Waals surface area contributed by atoms with E-state index in [4.69, 9.17) is 0 Å². The van der Waals surface area contributed by atoms with Crippen LogP contribution in [0.3, 0.4) is 0 Å². The Balaban J connectivity index is 1.78. The van der Waals surface area contributed by atoms with Gasteiger partial charge in [-0.15, -0.1) is 12.6 Å². The lowest BCUT2D eigenvalue weighted by Gasteiger charge is -2.17. The zero-order valence-electron chi connectivity index (χ0n) is 13.7. The standard InChI is InChI=1S/C20H15FN2O2S/c21-13-7-5-12(6-8-13)19(24)23-10-9-15-14-3-1-2-4-17(14)22-18(15)16(11-23)20(25)26/h1-8,11,22H,9-10H2,(H,25,26). The highest BCUT2D eigenvalue weighted by Crippen LogP contribution is 2.32. The van der Waals surface area contributed by atoms with E-state index in [1.165, 1.54) is 35.4 Å². The number of fused-ring (bicyclic) bond motifs is 3. The zero-order valence-corrected chi connectivity index (χ0v) is 14.6. The molecule has 2 heterocycles. The van der Waals surface area contributed by atoms with E-state index >= 15 is 0 Å². The first kappa shape index (κ1) is 16.6. The Kier molecular flexibility index (Phi) is 4.12. The van der Waals surface area contributed by atoms with E-state index in [2.05, 4.69) is 17.6 Å². The highest BCUT2D eigenvalue weighted by Gasteiger charge is 2.25. The summed E-state index contributed by atoms with van der Waals surface area (Å²) in [5, 5.41) is 0.607. The third-order valence-corrected chi connectivity index (χ3v) is 4.79. The van der Waals surface area contributed by atoms with Crippen molar-refractivity contribution in [3.05, 3.63) is 77.4 Å². The van der Waals surface area contributed by atoms with Crippen molar-refractivity contribution in [3.8, 4) is 0 Å². The van der Waals surface area contributed by atoms with Gasteiger partial charge in [0.2, 0.25) is 5.12 Å². The minimum Gasteiger partial charge on any atom is -0.354 e. The SMILES string of the molecule is O=C(S)C1=CN(C(=O)c2ccc(F)cc2)CCc2c1[nH]c1ccccc21. The Hall–Kier alpha value is -2.86. The average Bonchev–Trinajstić information content (AvgIpc) is 2.89. The first-order valence-electron chi connectivity index (χ1n) is 8.16. The van der Waals surface area contributed by atoms with Crippen LogP contribution in [-0.2, 0) is 11.2 Å². The number of amides is 1. The molecule has 0 radical (unpaired) electrons. The van der Waals surface area contributed by atoms with E-state index in [9.17, 15) is 14.0 Å². The summed E-state index contributed by atoms with van der Waals surface area (Å²) in [7, 11) is 0. The maximum atomic E-state index is 13.1. The van der Waals surface area contributed by atoms with Gasteiger partial charge < -0.3 is 9.88 Å². The van der Waals surface area contributed by atoms with Crippen LogP contribution in [0.15, 0.2) is 54.7 Å². The molecule has 1 N–H and O–H groups in total. The molecule has 0 spiro atoms. The van der Waals surface area contributed by atoms with E-state index in [1.54, 1.807) is 0 Å². The Morgan fingerprint density at radius 2 is 1.81 bits per heavy atom. The highest BCUT2D eigenvalue weighted by atomic mass is 32.1. The lowest BCUT2D eigenvalue weighted by atomic mass is 10.0. The van der Waals surface area contributed by atoms with Crippen LogP contribution in [0.4, 0.5) is 4.39 Å². The number of nitrogens with zero attached hydrogens (tertiary/aromatic N) is 1. The lowest BCUT2D eigenvalue weighted by molar-refractivity contribution is -0.106. The van der Waals surface area contributed by atoms with Crippen molar-refractivity contribution in [2.75, 3.05) is 6.54 Å². The van der Waals surface area contributed by atoms with Crippen molar-refractivity contribution in [2.45, 2.75) is 6.42 Å². The summed E-state index contributed by atoms with van der Waals surface area (Å²) >= 11 is 3.99. The van der Waals surface area contributed by atoms with Crippen LogP contribution in [0, 0.1) is 5.82 Å². The summed E-state index contributed by atoms with van der Waals surface area (Å²) in [6.45, 7) is 0.412. The molecule has 4 nitrogen and oxygen atoms in total. The predicted molar refractivity (Wildman–Crippen MR) is 101 cm³/mol. The number of carbonyl (C=O) groups is 2. The fourth-order valence-electron chi connectivity index (χ4n) is 3.29. The monoisotopic (exact) mass is 366 g/mol. The van der Waals surface area contributed by atoms with Gasteiger partial charge in [0.1, 0.15) is 5.82 Å². The summed E-state index contributed by atoms with van der Waals surface area (Å²) in [6.07, 6.45) is 2.12. The van der Waals surface area contributed by atoms with Gasteiger partial charge in [-0.1, -0.05) is 18.2 Å². The number of thiol groups is 1. The van der Waals surface area contributed by atoms with Gasteiger partial charge in [-0.2, -0.15) is 0 Å². The molecule has 0 unspecified atom stereocenters. The van der Waals surface area contributed by atoms with Crippen LogP contribution in [0.25, 0.3) is 16.5 Å². The number of carbonyl (C=O) groups excluding carboxylic acids is 2. The summed E-state index contributed by atoms with van der Waals surface area (Å²) < 4.78 is 13.1. The van der Waals surface area contributed by atoms with Gasteiger partial charge in [0.15, 0.2) is 0 Å². The maximum Gasteiger partial charge on any atom is 0.257 e. The average molecular weight is 366 g/mol. The molecule has 0 saturated carbocycles. The first-order chi connectivity index (χ1) is 12.5. The fourth-order valence-corrected chi connectivity index (χ4v) is 3.46. The predicted octanol–water partition coefficient (Wildman–Crippen LogP) is 3.80. The highest BCUT2D eigenvalue weighted by molar-refractivity contribution is 7.98. The molecule has 0 bridgehead atoms. The number of nitrogens with one attached hydrogen (secondary N) is 1. The Bertz CT molecular complexity index is 1050. The molecule has 1 aliphatic rings. The largest absolute Gasteiger partial charge is 0.354 e. The quantitative estimate of drug-likeness (QED) is 0.678. The summed E-state index contributed by atoms with van der Waals surface area (Å²) in [5.41, 5.74) is 3.33. The third kappa shape index (κ3) is 2.82. The Morgan fingerprint density at radius 1 is 1.08 bits per heavy atom. The third-order valence-electron chi connectivity index (χ3n) is 4.55. The van der Waals surface area contributed by atoms with Crippen molar-refractivity contribution < 1.29 is 14.0 Å². The van der Waals surface area contributed by atoms with Crippen molar-refractivity contribution >= 4 is 40.1 Å². The molecule has 26 heavy (non-hydrogen) atoms. The van der Waals surface area contributed by atoms with Gasteiger partial charge >= 0.3 is 0 Å². The summed E-state index contributed by atoms with van der Waals surface area (Å²) in [5.74, 6) is -0.688. The minimum absolute atomic E-state index is 0.286. The van der Waals surface area contributed by atoms with Gasteiger partial charge in [-0.25, -0.2) is 4.39 Å². The van der Waals surface area contributed by atoms with Gasteiger partial charge in [-0.05, 0) is 42.3 Å². The van der Waals surface area contributed by atoms with Crippen LogP contribution in [0.1, 0.15) is 21.6 Å². The number of rotatable bonds is 2. The topological polar surface area (TPSA) is 53.2 Å². The second-order valence-corrected chi connectivity index (χ2v) is 6.53. The molecule has 2 aromatic carbocycles. The summed E-state index contributed by atoms with van der Waals surface area (Å²) in [4.78, 5) is 29.7.